The van der Waals surface area contributed by atoms with E-state index in [9.17, 15) is 4.79 Å². The molecule has 128 valence electrons. The van der Waals surface area contributed by atoms with Crippen LogP contribution in [0, 0.1) is 0 Å². The summed E-state index contributed by atoms with van der Waals surface area (Å²) in [6, 6.07) is 4.94. The molecule has 1 aromatic heterocycles. The summed E-state index contributed by atoms with van der Waals surface area (Å²) in [6.45, 7) is 1.86. The summed E-state index contributed by atoms with van der Waals surface area (Å²) >= 11 is 1.51. The van der Waals surface area contributed by atoms with Gasteiger partial charge in [-0.15, -0.1) is 11.3 Å². The number of aromatic nitrogens is 1. The van der Waals surface area contributed by atoms with Crippen molar-refractivity contribution >= 4 is 28.2 Å². The molecule has 0 aliphatic carbocycles. The van der Waals surface area contributed by atoms with E-state index >= 15 is 0 Å². The van der Waals surface area contributed by atoms with E-state index in [2.05, 4.69) is 27.6 Å². The molecular formula is C16H20N4O3S. The van der Waals surface area contributed by atoms with Crippen molar-refractivity contribution in [3.8, 4) is 11.5 Å². The van der Waals surface area contributed by atoms with Crippen molar-refractivity contribution in [2.75, 3.05) is 38.4 Å². The van der Waals surface area contributed by atoms with Gasteiger partial charge in [-0.2, -0.15) is 0 Å². The first-order valence-corrected chi connectivity index (χ1v) is 8.38. The van der Waals surface area contributed by atoms with Crippen LogP contribution in [0.4, 0.5) is 15.6 Å². The van der Waals surface area contributed by atoms with Crippen LogP contribution in [0.2, 0.25) is 0 Å². The molecule has 2 amide bonds. The molecule has 1 aromatic carbocycles. The molecule has 1 aliphatic rings. The predicted molar refractivity (Wildman–Crippen MR) is 94.3 cm³/mol. The van der Waals surface area contributed by atoms with E-state index in [4.69, 9.17) is 9.47 Å². The Morgan fingerprint density at radius 2 is 1.96 bits per heavy atom. The Bertz CT molecular complexity index is 725. The summed E-state index contributed by atoms with van der Waals surface area (Å²) in [7, 11) is 5.17. The lowest BCUT2D eigenvalue weighted by Gasteiger charge is -2.20. The number of likely N-dealkylation sites (N-methyl/N-ethyl adjacent to an activating group) is 1. The molecule has 2 heterocycles. The van der Waals surface area contributed by atoms with Gasteiger partial charge in [0.2, 0.25) is 0 Å². The minimum atomic E-state index is -0.378. The topological polar surface area (TPSA) is 75.7 Å². The molecule has 0 unspecified atom stereocenters. The molecule has 0 fully saturated rings. The van der Waals surface area contributed by atoms with Crippen LogP contribution in [0.25, 0.3) is 0 Å². The molecule has 7 nitrogen and oxygen atoms in total. The number of thiazole rings is 1. The van der Waals surface area contributed by atoms with Crippen molar-refractivity contribution in [2.24, 2.45) is 0 Å². The average molecular weight is 348 g/mol. The molecule has 0 saturated carbocycles. The van der Waals surface area contributed by atoms with Gasteiger partial charge in [0.1, 0.15) is 17.2 Å². The summed E-state index contributed by atoms with van der Waals surface area (Å²) < 4.78 is 10.6. The highest BCUT2D eigenvalue weighted by Crippen LogP contribution is 2.34. The Hall–Kier alpha value is -2.32. The fourth-order valence-corrected chi connectivity index (χ4v) is 3.68. The highest BCUT2D eigenvalue weighted by atomic mass is 32.1. The molecule has 8 heteroatoms. The number of nitrogens with one attached hydrogen (secondary N) is 2. The third kappa shape index (κ3) is 3.44. The monoisotopic (exact) mass is 348 g/mol. The number of hydrogen-bond acceptors (Lipinski definition) is 6. The van der Waals surface area contributed by atoms with Gasteiger partial charge in [-0.3, -0.25) is 5.32 Å². The second-order valence-corrected chi connectivity index (χ2v) is 6.58. The first-order valence-electron chi connectivity index (χ1n) is 7.57. The predicted octanol–water partition coefficient (Wildman–Crippen LogP) is 2.79. The average Bonchev–Trinajstić information content (AvgIpc) is 2.96. The molecule has 2 N–H and O–H groups in total. The van der Waals surface area contributed by atoms with Gasteiger partial charge in [0.25, 0.3) is 0 Å². The molecule has 3 rings (SSSR count). The van der Waals surface area contributed by atoms with Gasteiger partial charge in [0, 0.05) is 24.4 Å². The van der Waals surface area contributed by atoms with Crippen LogP contribution in [0.1, 0.15) is 10.6 Å². The normalized spacial score (nSPS) is 14.0. The number of fused-ring (bicyclic) bond motifs is 1. The zero-order valence-corrected chi connectivity index (χ0v) is 14.7. The van der Waals surface area contributed by atoms with Crippen molar-refractivity contribution in [3.05, 3.63) is 28.8 Å². The van der Waals surface area contributed by atoms with E-state index in [1.165, 1.54) is 16.2 Å². The maximum atomic E-state index is 12.3. The number of para-hydroxylation sites is 1. The molecule has 0 spiro atoms. The largest absolute Gasteiger partial charge is 0.494 e. The molecule has 0 saturated heterocycles. The van der Waals surface area contributed by atoms with Gasteiger partial charge in [0.15, 0.2) is 5.13 Å². The Balaban J connectivity index is 1.73. The smallest absolute Gasteiger partial charge is 0.325 e. The molecule has 0 atom stereocenters. The third-order valence-electron chi connectivity index (χ3n) is 3.81. The summed E-state index contributed by atoms with van der Waals surface area (Å²) in [5.41, 5.74) is 1.56. The van der Waals surface area contributed by atoms with Gasteiger partial charge in [-0.1, -0.05) is 6.07 Å². The number of anilines is 2. The number of amides is 2. The van der Waals surface area contributed by atoms with Crippen LogP contribution >= 0.6 is 11.3 Å². The second kappa shape index (κ2) is 7.06. The van der Waals surface area contributed by atoms with Crippen molar-refractivity contribution < 1.29 is 14.3 Å². The fraction of sp³-hybridized carbons (Fsp3) is 0.375. The zero-order valence-electron chi connectivity index (χ0n) is 13.9. The van der Waals surface area contributed by atoms with E-state index in [0.717, 1.165) is 25.2 Å². The lowest BCUT2D eigenvalue weighted by Crippen LogP contribution is -2.25. The van der Waals surface area contributed by atoms with Crippen LogP contribution in [0.3, 0.4) is 0 Å². The van der Waals surface area contributed by atoms with Gasteiger partial charge >= 0.3 is 6.03 Å². The van der Waals surface area contributed by atoms with Gasteiger partial charge < -0.3 is 19.7 Å². The molecule has 0 radical (unpaired) electrons. The number of ether oxygens (including phenoxy) is 2. The first kappa shape index (κ1) is 16.5. The number of methoxy groups -OCH3 is 2. The summed E-state index contributed by atoms with van der Waals surface area (Å²) in [5, 5.41) is 6.17. The minimum Gasteiger partial charge on any atom is -0.494 e. The number of hydrogen-bond donors (Lipinski definition) is 2. The maximum Gasteiger partial charge on any atom is 0.325 e. The Kier molecular flexibility index (Phi) is 4.86. The van der Waals surface area contributed by atoms with E-state index < -0.39 is 0 Å². The third-order valence-corrected chi connectivity index (χ3v) is 4.81. The lowest BCUT2D eigenvalue weighted by molar-refractivity contribution is 0.262. The molecule has 0 bridgehead atoms. The van der Waals surface area contributed by atoms with Gasteiger partial charge in [0.05, 0.1) is 19.9 Å². The Morgan fingerprint density at radius 3 is 2.62 bits per heavy atom. The highest BCUT2D eigenvalue weighted by molar-refractivity contribution is 7.15. The van der Waals surface area contributed by atoms with Crippen LogP contribution in [-0.2, 0) is 13.0 Å². The van der Waals surface area contributed by atoms with Gasteiger partial charge in [-0.25, -0.2) is 9.78 Å². The second-order valence-electron chi connectivity index (χ2n) is 5.49. The van der Waals surface area contributed by atoms with E-state index in [1.807, 2.05) is 0 Å². The minimum absolute atomic E-state index is 0.378. The number of benzene rings is 1. The van der Waals surface area contributed by atoms with Crippen LogP contribution in [0.15, 0.2) is 18.2 Å². The SMILES string of the molecule is COc1cccc(OC)c1NC(=O)Nc1nc2c(s1)CN(C)CC2. The van der Waals surface area contributed by atoms with E-state index in [0.29, 0.717) is 22.3 Å². The van der Waals surface area contributed by atoms with Crippen LogP contribution in [0.5, 0.6) is 11.5 Å². The van der Waals surface area contributed by atoms with Crippen molar-refractivity contribution in [1.82, 2.24) is 9.88 Å². The number of nitrogens with zero attached hydrogens (tertiary/aromatic N) is 2. The van der Waals surface area contributed by atoms with Crippen molar-refractivity contribution in [1.29, 1.82) is 0 Å². The van der Waals surface area contributed by atoms with E-state index in [-0.39, 0.29) is 6.03 Å². The Labute approximate surface area is 144 Å². The molecular weight excluding hydrogens is 328 g/mol. The van der Waals surface area contributed by atoms with Crippen LogP contribution < -0.4 is 20.1 Å². The van der Waals surface area contributed by atoms with E-state index in [1.54, 1.807) is 32.4 Å². The highest BCUT2D eigenvalue weighted by Gasteiger charge is 2.20. The summed E-state index contributed by atoms with van der Waals surface area (Å²) in [4.78, 5) is 20.3. The number of carbonyl (C=O) groups excluding carboxylic acids is 1. The number of urea groups is 1. The molecule has 2 aromatic rings. The van der Waals surface area contributed by atoms with Crippen molar-refractivity contribution in [3.63, 3.8) is 0 Å². The lowest BCUT2D eigenvalue weighted by atomic mass is 10.2. The number of rotatable bonds is 4. The quantitative estimate of drug-likeness (QED) is 0.889. The molecule has 1 aliphatic heterocycles. The fourth-order valence-electron chi connectivity index (χ4n) is 2.59. The van der Waals surface area contributed by atoms with Gasteiger partial charge in [-0.05, 0) is 19.2 Å². The first-order chi connectivity index (χ1) is 11.6. The summed E-state index contributed by atoms with van der Waals surface area (Å²) in [6.07, 6.45) is 0.909. The van der Waals surface area contributed by atoms with Crippen LogP contribution in [-0.4, -0.2) is 43.7 Å². The van der Waals surface area contributed by atoms with Crippen molar-refractivity contribution in [2.45, 2.75) is 13.0 Å². The number of carbonyl (C=O) groups is 1. The summed E-state index contributed by atoms with van der Waals surface area (Å²) in [5.74, 6) is 1.06. The molecule has 24 heavy (non-hydrogen) atoms. The Morgan fingerprint density at radius 1 is 1.25 bits per heavy atom. The zero-order chi connectivity index (χ0) is 17.1. The standard InChI is InChI=1S/C16H20N4O3S/c1-20-8-7-10-13(9-20)24-16(17-10)19-15(21)18-14-11(22-2)5-4-6-12(14)23-3/h4-6H,7-9H2,1-3H3,(H2,17,18,19,21). The maximum absolute atomic E-state index is 12.3.